The van der Waals surface area contributed by atoms with Crippen LogP contribution in [0.15, 0.2) is 24.3 Å². The first-order chi connectivity index (χ1) is 10.3. The van der Waals surface area contributed by atoms with Crippen LogP contribution >= 0.6 is 11.8 Å². The average Bonchev–Trinajstić information content (AvgIpc) is 2.56. The van der Waals surface area contributed by atoms with Crippen LogP contribution < -0.4 is 5.32 Å². The lowest BCUT2D eigenvalue weighted by Crippen LogP contribution is -2.46. The molecule has 114 valence electrons. The molecule has 1 aromatic carbocycles. The first kappa shape index (κ1) is 14.9. The zero-order valence-electron chi connectivity index (χ0n) is 12.7. The van der Waals surface area contributed by atoms with E-state index in [0.717, 1.165) is 44.0 Å². The summed E-state index contributed by atoms with van der Waals surface area (Å²) in [6.07, 6.45) is 1.98. The molecule has 3 nitrogen and oxygen atoms in total. The second-order valence-corrected chi connectivity index (χ2v) is 7.21. The molecular formula is C17H24N2OS. The molecule has 1 atom stereocenters. The number of piperidine rings is 1. The smallest absolute Gasteiger partial charge is 0.226 e. The Hall–Kier alpha value is -1.00. The molecule has 0 bridgehead atoms. The number of amides is 1. The molecule has 0 aromatic heterocycles. The van der Waals surface area contributed by atoms with Crippen molar-refractivity contribution in [2.24, 2.45) is 5.92 Å². The van der Waals surface area contributed by atoms with Gasteiger partial charge in [-0.15, -0.1) is 0 Å². The quantitative estimate of drug-likeness (QED) is 0.911. The van der Waals surface area contributed by atoms with Gasteiger partial charge in [0.1, 0.15) is 0 Å². The van der Waals surface area contributed by atoms with Gasteiger partial charge in [0.2, 0.25) is 5.91 Å². The third-order valence-electron chi connectivity index (χ3n) is 4.56. The van der Waals surface area contributed by atoms with E-state index in [-0.39, 0.29) is 12.0 Å². The second-order valence-electron chi connectivity index (χ2n) is 6.06. The van der Waals surface area contributed by atoms with Crippen LogP contribution in [0.25, 0.3) is 0 Å². The zero-order chi connectivity index (χ0) is 14.7. The van der Waals surface area contributed by atoms with Crippen molar-refractivity contribution in [1.82, 2.24) is 10.2 Å². The van der Waals surface area contributed by atoms with Gasteiger partial charge >= 0.3 is 0 Å². The molecular weight excluding hydrogens is 280 g/mol. The lowest BCUT2D eigenvalue weighted by Gasteiger charge is -2.38. The minimum Gasteiger partial charge on any atom is -0.334 e. The number of thioether (sulfide) groups is 1. The van der Waals surface area contributed by atoms with Crippen molar-refractivity contribution < 1.29 is 4.79 Å². The van der Waals surface area contributed by atoms with Gasteiger partial charge in [0.25, 0.3) is 0 Å². The fourth-order valence-electron chi connectivity index (χ4n) is 3.24. The minimum absolute atomic E-state index is 0.224. The van der Waals surface area contributed by atoms with E-state index in [2.05, 4.69) is 41.4 Å². The summed E-state index contributed by atoms with van der Waals surface area (Å²) < 4.78 is 0. The molecule has 1 N–H and O–H groups in total. The van der Waals surface area contributed by atoms with Crippen molar-refractivity contribution in [1.29, 1.82) is 0 Å². The Morgan fingerprint density at radius 3 is 2.67 bits per heavy atom. The molecule has 21 heavy (non-hydrogen) atoms. The van der Waals surface area contributed by atoms with Crippen molar-refractivity contribution in [2.75, 3.05) is 31.1 Å². The van der Waals surface area contributed by atoms with Crippen molar-refractivity contribution in [3.05, 3.63) is 35.4 Å². The fourth-order valence-corrected chi connectivity index (χ4v) is 4.32. The Morgan fingerprint density at radius 1 is 1.24 bits per heavy atom. The van der Waals surface area contributed by atoms with Gasteiger partial charge in [0, 0.05) is 24.0 Å². The van der Waals surface area contributed by atoms with E-state index in [1.54, 1.807) is 0 Å². The van der Waals surface area contributed by atoms with Crippen molar-refractivity contribution in [3.63, 3.8) is 0 Å². The second kappa shape index (κ2) is 6.84. The summed E-state index contributed by atoms with van der Waals surface area (Å²) in [7, 11) is 0. The van der Waals surface area contributed by atoms with Gasteiger partial charge in [-0.25, -0.2) is 0 Å². The summed E-state index contributed by atoms with van der Waals surface area (Å²) in [6, 6.07) is 8.94. The number of nitrogens with one attached hydrogen (secondary N) is 1. The fraction of sp³-hybridized carbons (Fsp3) is 0.588. The molecule has 0 aliphatic carbocycles. The van der Waals surface area contributed by atoms with E-state index in [4.69, 9.17) is 0 Å². The highest BCUT2D eigenvalue weighted by Crippen LogP contribution is 2.32. The summed E-state index contributed by atoms with van der Waals surface area (Å²) in [6.45, 7) is 4.96. The van der Waals surface area contributed by atoms with Crippen LogP contribution in [-0.2, 0) is 4.79 Å². The van der Waals surface area contributed by atoms with E-state index in [0.29, 0.717) is 5.91 Å². The van der Waals surface area contributed by atoms with Crippen LogP contribution in [0.5, 0.6) is 0 Å². The maximum Gasteiger partial charge on any atom is 0.226 e. The summed E-state index contributed by atoms with van der Waals surface area (Å²) in [5.74, 6) is 2.70. The minimum atomic E-state index is 0.224. The van der Waals surface area contributed by atoms with Gasteiger partial charge in [-0.05, 0) is 38.4 Å². The van der Waals surface area contributed by atoms with Gasteiger partial charge in [0.15, 0.2) is 0 Å². The number of rotatable bonds is 2. The summed E-state index contributed by atoms with van der Waals surface area (Å²) in [5.41, 5.74) is 2.56. The lowest BCUT2D eigenvalue weighted by molar-refractivity contribution is -0.138. The normalized spacial score (nSPS) is 24.0. The Bertz CT molecular complexity index is 482. The molecule has 1 unspecified atom stereocenters. The highest BCUT2D eigenvalue weighted by atomic mass is 32.2. The predicted molar refractivity (Wildman–Crippen MR) is 88.6 cm³/mol. The van der Waals surface area contributed by atoms with Crippen LogP contribution in [0.3, 0.4) is 0 Å². The molecule has 0 saturated carbocycles. The molecule has 4 heteroatoms. The standard InChI is InChI=1S/C17H24N2OS/c1-13-2-4-14(5-3-13)16-12-21-11-10-19(16)17(20)15-6-8-18-9-7-15/h2-5,15-16,18H,6-12H2,1H3. The Morgan fingerprint density at radius 2 is 1.95 bits per heavy atom. The number of nitrogens with zero attached hydrogens (tertiary/aromatic N) is 1. The van der Waals surface area contributed by atoms with Crippen molar-refractivity contribution >= 4 is 17.7 Å². The zero-order valence-corrected chi connectivity index (χ0v) is 13.5. The molecule has 3 rings (SSSR count). The van der Waals surface area contributed by atoms with Crippen LogP contribution in [0, 0.1) is 12.8 Å². The molecule has 2 aliphatic heterocycles. The largest absolute Gasteiger partial charge is 0.334 e. The summed E-state index contributed by atoms with van der Waals surface area (Å²) in [4.78, 5) is 15.0. The summed E-state index contributed by atoms with van der Waals surface area (Å²) in [5, 5.41) is 3.35. The van der Waals surface area contributed by atoms with Gasteiger partial charge in [-0.1, -0.05) is 29.8 Å². The summed E-state index contributed by atoms with van der Waals surface area (Å²) >= 11 is 1.96. The van der Waals surface area contributed by atoms with Crippen molar-refractivity contribution in [2.45, 2.75) is 25.8 Å². The lowest BCUT2D eigenvalue weighted by atomic mass is 9.95. The van der Waals surface area contributed by atoms with Gasteiger partial charge < -0.3 is 10.2 Å². The number of hydrogen-bond acceptors (Lipinski definition) is 3. The highest BCUT2D eigenvalue weighted by Gasteiger charge is 2.33. The topological polar surface area (TPSA) is 32.3 Å². The van der Waals surface area contributed by atoms with Gasteiger partial charge in [0.05, 0.1) is 6.04 Å². The third-order valence-corrected chi connectivity index (χ3v) is 5.58. The van der Waals surface area contributed by atoms with E-state index < -0.39 is 0 Å². The number of carbonyl (C=O) groups excluding carboxylic acids is 1. The Kier molecular flexibility index (Phi) is 4.86. The third kappa shape index (κ3) is 3.43. The van der Waals surface area contributed by atoms with Crippen LogP contribution in [0.1, 0.15) is 30.0 Å². The Balaban J connectivity index is 1.77. The SMILES string of the molecule is Cc1ccc(C2CSCCN2C(=O)C2CCNCC2)cc1. The van der Waals surface area contributed by atoms with Gasteiger partial charge in [-0.3, -0.25) is 4.79 Å². The molecule has 1 amide bonds. The molecule has 2 saturated heterocycles. The molecule has 2 aliphatic rings. The molecule has 2 heterocycles. The first-order valence-electron chi connectivity index (χ1n) is 7.91. The number of benzene rings is 1. The van der Waals surface area contributed by atoms with Crippen molar-refractivity contribution in [3.8, 4) is 0 Å². The van der Waals surface area contributed by atoms with E-state index in [1.165, 1.54) is 11.1 Å². The van der Waals surface area contributed by atoms with E-state index in [1.807, 2.05) is 11.8 Å². The molecule has 0 spiro atoms. The number of carbonyl (C=O) groups is 1. The monoisotopic (exact) mass is 304 g/mol. The number of aryl methyl sites for hydroxylation is 1. The first-order valence-corrected chi connectivity index (χ1v) is 9.06. The van der Waals surface area contributed by atoms with E-state index >= 15 is 0 Å². The Labute approximate surface area is 131 Å². The van der Waals surface area contributed by atoms with Crippen LogP contribution in [-0.4, -0.2) is 41.9 Å². The van der Waals surface area contributed by atoms with E-state index in [9.17, 15) is 4.79 Å². The molecule has 2 fully saturated rings. The average molecular weight is 304 g/mol. The van der Waals surface area contributed by atoms with Crippen LogP contribution in [0.4, 0.5) is 0 Å². The highest BCUT2D eigenvalue weighted by molar-refractivity contribution is 7.99. The molecule has 1 aromatic rings. The number of hydrogen-bond donors (Lipinski definition) is 1. The van der Waals surface area contributed by atoms with Crippen LogP contribution in [0.2, 0.25) is 0 Å². The predicted octanol–water partition coefficient (Wildman–Crippen LogP) is 2.61. The maximum absolute atomic E-state index is 12.9. The van der Waals surface area contributed by atoms with Gasteiger partial charge in [-0.2, -0.15) is 11.8 Å². The maximum atomic E-state index is 12.9. The molecule has 0 radical (unpaired) electrons.